The third-order valence-corrected chi connectivity index (χ3v) is 4.50. The summed E-state index contributed by atoms with van der Waals surface area (Å²) in [6.07, 6.45) is 3.70. The van der Waals surface area contributed by atoms with E-state index in [4.69, 9.17) is 9.84 Å². The number of cyclic esters (lactones) is 1. The number of nitrogens with zero attached hydrogens (tertiary/aromatic N) is 2. The second-order valence-corrected chi connectivity index (χ2v) is 6.56. The van der Waals surface area contributed by atoms with E-state index in [9.17, 15) is 9.18 Å². The third-order valence-electron chi connectivity index (χ3n) is 4.50. The number of hydrogen-bond acceptors (Lipinski definition) is 4. The summed E-state index contributed by atoms with van der Waals surface area (Å²) in [5.74, 6) is -0.178. The number of hydrogen-bond donors (Lipinski definition) is 1. The molecule has 1 N–H and O–H groups in total. The van der Waals surface area contributed by atoms with Crippen LogP contribution in [-0.4, -0.2) is 40.3 Å². The van der Waals surface area contributed by atoms with Crippen molar-refractivity contribution in [2.45, 2.75) is 45.3 Å². The molecule has 2 heterocycles. The van der Waals surface area contributed by atoms with Crippen LogP contribution in [0.3, 0.4) is 0 Å². The highest BCUT2D eigenvalue weighted by Gasteiger charge is 2.30. The Morgan fingerprint density at radius 3 is 2.56 bits per heavy atom. The summed E-state index contributed by atoms with van der Waals surface area (Å²) in [5.41, 5.74) is 1.98. The molecule has 0 spiro atoms. The number of carbonyl (C=O) groups excluding carboxylic acids is 1. The summed E-state index contributed by atoms with van der Waals surface area (Å²) < 4.78 is 17.3. The number of aryl methyl sites for hydroxylation is 1. The predicted molar refractivity (Wildman–Crippen MR) is 102 cm³/mol. The number of aromatic nitrogens is 1. The fourth-order valence-electron chi connectivity index (χ4n) is 2.84. The number of benzene rings is 1. The van der Waals surface area contributed by atoms with Crippen molar-refractivity contribution in [3.8, 4) is 0 Å². The van der Waals surface area contributed by atoms with Gasteiger partial charge in [0.05, 0.1) is 6.04 Å². The molecule has 146 valence electrons. The molecule has 0 saturated carbocycles. The van der Waals surface area contributed by atoms with Gasteiger partial charge in [-0.2, -0.15) is 0 Å². The van der Waals surface area contributed by atoms with Crippen molar-refractivity contribution < 1.29 is 19.0 Å². The van der Waals surface area contributed by atoms with E-state index < -0.39 is 0 Å². The molecule has 1 aromatic heterocycles. The highest BCUT2D eigenvalue weighted by molar-refractivity contribution is 5.69. The fraction of sp³-hybridized carbons (Fsp3) is 0.429. The molecule has 1 saturated heterocycles. The number of rotatable bonds is 5. The highest BCUT2D eigenvalue weighted by atomic mass is 19.1. The Morgan fingerprint density at radius 1 is 1.30 bits per heavy atom. The van der Waals surface area contributed by atoms with Gasteiger partial charge in [-0.25, -0.2) is 9.18 Å². The molecular formula is C21H27FN2O3. The first-order valence-electron chi connectivity index (χ1n) is 9.22. The van der Waals surface area contributed by atoms with E-state index in [0.29, 0.717) is 13.0 Å². The van der Waals surface area contributed by atoms with Crippen LogP contribution in [0.15, 0.2) is 48.7 Å². The third kappa shape index (κ3) is 6.64. The maximum absolute atomic E-state index is 12.1. The van der Waals surface area contributed by atoms with E-state index in [1.54, 1.807) is 23.1 Å². The molecule has 1 aliphatic rings. The predicted octanol–water partition coefficient (Wildman–Crippen LogP) is 4.26. The molecule has 6 heteroatoms. The normalized spacial score (nSPS) is 17.6. The van der Waals surface area contributed by atoms with Gasteiger partial charge in [0, 0.05) is 31.5 Å². The highest BCUT2D eigenvalue weighted by Crippen LogP contribution is 2.26. The van der Waals surface area contributed by atoms with Crippen molar-refractivity contribution in [2.75, 3.05) is 13.2 Å². The zero-order valence-electron chi connectivity index (χ0n) is 15.8. The standard InChI is InChI=1S/C15H22N2O3.C6H5F/c1-11-5-6-13(10-16-11)12(2)17-8-7-14(4-3-9-18)20-15(17)19;7-6-4-2-1-3-5-6/h5-6,10,12,14,18H,3-4,7-9H2,1-2H3;1-5H. The van der Waals surface area contributed by atoms with Crippen molar-refractivity contribution in [3.05, 3.63) is 65.7 Å². The minimum atomic E-state index is -0.271. The lowest BCUT2D eigenvalue weighted by Gasteiger charge is -2.35. The Hall–Kier alpha value is -2.47. The molecule has 2 unspecified atom stereocenters. The van der Waals surface area contributed by atoms with Gasteiger partial charge in [-0.15, -0.1) is 0 Å². The van der Waals surface area contributed by atoms with Crippen molar-refractivity contribution in [2.24, 2.45) is 0 Å². The quantitative estimate of drug-likeness (QED) is 0.849. The molecule has 0 radical (unpaired) electrons. The number of aliphatic hydroxyl groups excluding tert-OH is 1. The molecule has 2 aromatic rings. The van der Waals surface area contributed by atoms with Crippen LogP contribution in [0.25, 0.3) is 0 Å². The summed E-state index contributed by atoms with van der Waals surface area (Å²) >= 11 is 0. The first-order valence-corrected chi connectivity index (χ1v) is 9.22. The summed E-state index contributed by atoms with van der Waals surface area (Å²) in [6, 6.07) is 11.9. The van der Waals surface area contributed by atoms with Crippen LogP contribution in [0.2, 0.25) is 0 Å². The Bertz CT molecular complexity index is 694. The number of ether oxygens (including phenoxy) is 1. The van der Waals surface area contributed by atoms with Crippen LogP contribution in [0.4, 0.5) is 9.18 Å². The van der Waals surface area contributed by atoms with Gasteiger partial charge < -0.3 is 14.7 Å². The van der Waals surface area contributed by atoms with Crippen LogP contribution in [-0.2, 0) is 4.74 Å². The van der Waals surface area contributed by atoms with Crippen molar-refractivity contribution in [1.29, 1.82) is 0 Å². The molecule has 5 nitrogen and oxygen atoms in total. The Morgan fingerprint density at radius 2 is 2.04 bits per heavy atom. The minimum absolute atomic E-state index is 0.0330. The van der Waals surface area contributed by atoms with Crippen LogP contribution < -0.4 is 0 Å². The molecule has 3 rings (SSSR count). The van der Waals surface area contributed by atoms with E-state index >= 15 is 0 Å². The lowest BCUT2D eigenvalue weighted by Crippen LogP contribution is -2.43. The van der Waals surface area contributed by atoms with Gasteiger partial charge in [0.1, 0.15) is 11.9 Å². The SMILES string of the molecule is Cc1ccc(C(C)N2CCC(CCCO)OC2=O)cn1.Fc1ccccc1. The van der Waals surface area contributed by atoms with Gasteiger partial charge >= 0.3 is 6.09 Å². The Kier molecular flexibility index (Phi) is 8.20. The fourth-order valence-corrected chi connectivity index (χ4v) is 2.84. The van der Waals surface area contributed by atoms with Gasteiger partial charge in [-0.05, 0) is 50.5 Å². The largest absolute Gasteiger partial charge is 0.446 e. The summed E-state index contributed by atoms with van der Waals surface area (Å²) in [4.78, 5) is 18.1. The second kappa shape index (κ2) is 10.6. The average molecular weight is 374 g/mol. The number of carbonyl (C=O) groups is 1. The minimum Gasteiger partial charge on any atom is -0.446 e. The van der Waals surface area contributed by atoms with Gasteiger partial charge in [-0.1, -0.05) is 24.3 Å². The molecule has 1 amide bonds. The zero-order chi connectivity index (χ0) is 19.6. The summed E-state index contributed by atoms with van der Waals surface area (Å²) in [5, 5.41) is 8.82. The molecule has 1 aromatic carbocycles. The topological polar surface area (TPSA) is 62.7 Å². The van der Waals surface area contributed by atoms with E-state index in [-0.39, 0.29) is 30.7 Å². The lowest BCUT2D eigenvalue weighted by atomic mass is 10.1. The molecule has 27 heavy (non-hydrogen) atoms. The van der Waals surface area contributed by atoms with Gasteiger partial charge in [0.2, 0.25) is 0 Å². The average Bonchev–Trinajstić information content (AvgIpc) is 2.68. The van der Waals surface area contributed by atoms with E-state index in [1.807, 2.05) is 32.2 Å². The number of amides is 1. The molecule has 1 fully saturated rings. The summed E-state index contributed by atoms with van der Waals surface area (Å²) in [6.45, 7) is 4.75. The van der Waals surface area contributed by atoms with Gasteiger partial charge in [0.25, 0.3) is 0 Å². The number of halogens is 1. The van der Waals surface area contributed by atoms with Crippen molar-refractivity contribution in [1.82, 2.24) is 9.88 Å². The first kappa shape index (κ1) is 20.8. The Balaban J connectivity index is 0.000000313. The second-order valence-electron chi connectivity index (χ2n) is 6.56. The first-order chi connectivity index (χ1) is 13.0. The maximum Gasteiger partial charge on any atom is 0.410 e. The number of aliphatic hydroxyl groups is 1. The van der Waals surface area contributed by atoms with E-state index in [1.165, 1.54) is 12.1 Å². The van der Waals surface area contributed by atoms with Crippen LogP contribution >= 0.6 is 0 Å². The maximum atomic E-state index is 12.1. The molecule has 0 bridgehead atoms. The molecule has 2 atom stereocenters. The van der Waals surface area contributed by atoms with Crippen molar-refractivity contribution >= 4 is 6.09 Å². The monoisotopic (exact) mass is 374 g/mol. The van der Waals surface area contributed by atoms with E-state index in [0.717, 1.165) is 24.1 Å². The molecule has 0 aliphatic carbocycles. The van der Waals surface area contributed by atoms with Gasteiger partial charge in [-0.3, -0.25) is 4.98 Å². The zero-order valence-corrected chi connectivity index (χ0v) is 15.8. The summed E-state index contributed by atoms with van der Waals surface area (Å²) in [7, 11) is 0. The van der Waals surface area contributed by atoms with Gasteiger partial charge in [0.15, 0.2) is 0 Å². The molecule has 1 aliphatic heterocycles. The number of pyridine rings is 1. The van der Waals surface area contributed by atoms with Crippen LogP contribution in [0.5, 0.6) is 0 Å². The van der Waals surface area contributed by atoms with Crippen LogP contribution in [0.1, 0.15) is 43.5 Å². The Labute approximate surface area is 159 Å². The van der Waals surface area contributed by atoms with E-state index in [2.05, 4.69) is 4.98 Å². The molecular weight excluding hydrogens is 347 g/mol. The van der Waals surface area contributed by atoms with Crippen molar-refractivity contribution in [3.63, 3.8) is 0 Å². The lowest BCUT2D eigenvalue weighted by molar-refractivity contribution is 0.00756. The van der Waals surface area contributed by atoms with Crippen LogP contribution in [0, 0.1) is 12.7 Å². The smallest absolute Gasteiger partial charge is 0.410 e.